The quantitative estimate of drug-likeness (QED) is 0.486. The Hall–Kier alpha value is 0. The predicted molar refractivity (Wildman–Crippen MR) is 98.3 cm³/mol. The van der Waals surface area contributed by atoms with Crippen molar-refractivity contribution in [2.45, 2.75) is 95.9 Å². The summed E-state index contributed by atoms with van der Waals surface area (Å²) >= 11 is 0. The van der Waals surface area contributed by atoms with E-state index in [1.165, 1.54) is 12.8 Å². The molecule has 0 radical (unpaired) electrons. The van der Waals surface area contributed by atoms with E-state index in [4.69, 9.17) is 0 Å². The summed E-state index contributed by atoms with van der Waals surface area (Å²) in [5, 5.41) is 0. The molecule has 0 aromatic rings. The first-order valence-corrected chi connectivity index (χ1v) is 8.95. The molecule has 0 rings (SSSR count). The second-order valence-electron chi connectivity index (χ2n) is 8.14. The standard InChI is InChI=1S/2C7H16.C6H14/c1-6(2)5-7(3)4;1-5-7(4)6(2)3;1-5(2)6(3)4/h2*6-7H,5H2,1-4H3;5-6H,1-4H3. The largest absolute Gasteiger partial charge is 0.0651 e. The third-order valence-corrected chi connectivity index (χ3v) is 4.06. The van der Waals surface area contributed by atoms with Crippen LogP contribution < -0.4 is 0 Å². The Morgan fingerprint density at radius 2 is 0.800 bits per heavy atom. The Morgan fingerprint density at radius 3 is 0.800 bits per heavy atom. The van der Waals surface area contributed by atoms with Gasteiger partial charge in [0.05, 0.1) is 0 Å². The van der Waals surface area contributed by atoms with E-state index in [9.17, 15) is 0 Å². The minimum atomic E-state index is 0.852. The van der Waals surface area contributed by atoms with Crippen LogP contribution in [0, 0.1) is 35.5 Å². The van der Waals surface area contributed by atoms with E-state index in [1.54, 1.807) is 0 Å². The second kappa shape index (κ2) is 15.4. The van der Waals surface area contributed by atoms with Gasteiger partial charge >= 0.3 is 0 Å². The Bertz CT molecular complexity index is 151. The van der Waals surface area contributed by atoms with E-state index in [0.29, 0.717) is 0 Å². The highest BCUT2D eigenvalue weighted by Crippen LogP contribution is 2.11. The highest BCUT2D eigenvalue weighted by atomic mass is 14.1. The molecule has 126 valence electrons. The van der Waals surface area contributed by atoms with Gasteiger partial charge in [-0.3, -0.25) is 0 Å². The van der Waals surface area contributed by atoms with E-state index >= 15 is 0 Å². The van der Waals surface area contributed by atoms with Gasteiger partial charge in [0.15, 0.2) is 0 Å². The van der Waals surface area contributed by atoms with Crippen molar-refractivity contribution < 1.29 is 0 Å². The minimum absolute atomic E-state index is 0.852. The number of rotatable bonds is 5. The molecule has 0 spiro atoms. The average molecular weight is 287 g/mol. The van der Waals surface area contributed by atoms with Crippen LogP contribution in [0.1, 0.15) is 95.9 Å². The van der Waals surface area contributed by atoms with Crippen molar-refractivity contribution in [3.8, 4) is 0 Å². The zero-order valence-corrected chi connectivity index (χ0v) is 16.9. The molecule has 20 heavy (non-hydrogen) atoms. The van der Waals surface area contributed by atoms with E-state index in [-0.39, 0.29) is 0 Å². The van der Waals surface area contributed by atoms with Gasteiger partial charge in [0.1, 0.15) is 0 Å². The smallest absolute Gasteiger partial charge is 0.0422 e. The van der Waals surface area contributed by atoms with Crippen molar-refractivity contribution in [3.63, 3.8) is 0 Å². The second-order valence-corrected chi connectivity index (χ2v) is 8.14. The van der Waals surface area contributed by atoms with E-state index < -0.39 is 0 Å². The highest BCUT2D eigenvalue weighted by Gasteiger charge is 2.01. The maximum absolute atomic E-state index is 2.30. The molecule has 0 heteroatoms. The molecule has 0 aliphatic heterocycles. The Morgan fingerprint density at radius 1 is 0.500 bits per heavy atom. The number of hydrogen-bond acceptors (Lipinski definition) is 0. The summed E-state index contributed by atoms with van der Waals surface area (Å²) in [4.78, 5) is 0. The predicted octanol–water partition coefficient (Wildman–Crippen LogP) is 7.68. The molecule has 0 saturated heterocycles. The lowest BCUT2D eigenvalue weighted by Crippen LogP contribution is -2.00. The molecule has 0 bridgehead atoms. The molecule has 0 saturated carbocycles. The van der Waals surface area contributed by atoms with Crippen LogP contribution >= 0.6 is 0 Å². The summed E-state index contributed by atoms with van der Waals surface area (Å²) in [5.74, 6) is 5.22. The third kappa shape index (κ3) is 26.5. The van der Waals surface area contributed by atoms with Crippen LogP contribution in [-0.4, -0.2) is 0 Å². The van der Waals surface area contributed by atoms with Crippen LogP contribution in [0.2, 0.25) is 0 Å². The first-order chi connectivity index (χ1) is 8.95. The first kappa shape index (κ1) is 25.0. The number of hydrogen-bond donors (Lipinski definition) is 0. The summed E-state index contributed by atoms with van der Waals surface area (Å²) in [6, 6.07) is 0. The lowest BCUT2D eigenvalue weighted by atomic mass is 9.96. The Kier molecular flexibility index (Phi) is 19.2. The van der Waals surface area contributed by atoms with Gasteiger partial charge in [-0.25, -0.2) is 0 Å². The van der Waals surface area contributed by atoms with Gasteiger partial charge in [-0.15, -0.1) is 0 Å². The molecule has 0 fully saturated rings. The normalized spacial score (nSPS) is 12.4. The van der Waals surface area contributed by atoms with Crippen LogP contribution in [-0.2, 0) is 0 Å². The highest BCUT2D eigenvalue weighted by molar-refractivity contribution is 4.52. The van der Waals surface area contributed by atoms with Crippen LogP contribution in [0.15, 0.2) is 0 Å². The molecule has 0 heterocycles. The van der Waals surface area contributed by atoms with Crippen LogP contribution in [0.25, 0.3) is 0 Å². The fraction of sp³-hybridized carbons (Fsp3) is 1.00. The van der Waals surface area contributed by atoms with E-state index in [0.717, 1.165) is 35.5 Å². The molecular weight excluding hydrogens is 240 g/mol. The summed E-state index contributed by atoms with van der Waals surface area (Å²) in [6.07, 6.45) is 2.68. The maximum atomic E-state index is 2.30. The fourth-order valence-corrected chi connectivity index (χ4v) is 1.41. The van der Waals surface area contributed by atoms with Gasteiger partial charge in [-0.2, -0.15) is 0 Å². The molecular formula is C20H46. The van der Waals surface area contributed by atoms with Crippen LogP contribution in [0.5, 0.6) is 0 Å². The van der Waals surface area contributed by atoms with Gasteiger partial charge in [0.2, 0.25) is 0 Å². The van der Waals surface area contributed by atoms with E-state index in [2.05, 4.69) is 83.1 Å². The van der Waals surface area contributed by atoms with Crippen molar-refractivity contribution in [1.29, 1.82) is 0 Å². The average Bonchev–Trinajstić information content (AvgIpc) is 2.27. The molecule has 0 aliphatic rings. The molecule has 1 atom stereocenters. The Balaban J connectivity index is -0.000000218. The van der Waals surface area contributed by atoms with Gasteiger partial charge in [-0.05, 0) is 41.9 Å². The summed E-state index contributed by atoms with van der Waals surface area (Å²) in [7, 11) is 0. The topological polar surface area (TPSA) is 0 Å². The molecule has 0 N–H and O–H groups in total. The van der Waals surface area contributed by atoms with Gasteiger partial charge in [-0.1, -0.05) is 89.5 Å². The van der Waals surface area contributed by atoms with Crippen LogP contribution in [0.3, 0.4) is 0 Å². The molecule has 1 unspecified atom stereocenters. The zero-order valence-electron chi connectivity index (χ0n) is 16.9. The summed E-state index contributed by atoms with van der Waals surface area (Å²) in [5.41, 5.74) is 0. The Labute approximate surface area is 132 Å². The third-order valence-electron chi connectivity index (χ3n) is 4.06. The zero-order chi connectivity index (χ0) is 16.9. The van der Waals surface area contributed by atoms with Crippen molar-refractivity contribution in [3.05, 3.63) is 0 Å². The van der Waals surface area contributed by atoms with Gasteiger partial charge < -0.3 is 0 Å². The monoisotopic (exact) mass is 286 g/mol. The molecule has 0 nitrogen and oxygen atoms in total. The molecule has 0 aliphatic carbocycles. The van der Waals surface area contributed by atoms with Crippen molar-refractivity contribution in [1.82, 2.24) is 0 Å². The minimum Gasteiger partial charge on any atom is -0.0651 e. The lowest BCUT2D eigenvalue weighted by Gasteiger charge is -2.10. The molecule has 0 amide bonds. The van der Waals surface area contributed by atoms with Crippen LogP contribution in [0.4, 0.5) is 0 Å². The van der Waals surface area contributed by atoms with Crippen molar-refractivity contribution in [2.24, 2.45) is 35.5 Å². The SMILES string of the molecule is CC(C)C(C)C.CC(C)CC(C)C.CCC(C)C(C)C. The maximum Gasteiger partial charge on any atom is -0.0422 e. The molecule has 0 aromatic heterocycles. The summed E-state index contributed by atoms with van der Waals surface area (Å²) < 4.78 is 0. The fourth-order valence-electron chi connectivity index (χ4n) is 1.41. The van der Waals surface area contributed by atoms with Gasteiger partial charge in [0.25, 0.3) is 0 Å². The van der Waals surface area contributed by atoms with E-state index in [1.807, 2.05) is 0 Å². The summed E-state index contributed by atoms with van der Waals surface area (Å²) in [6.45, 7) is 27.1. The van der Waals surface area contributed by atoms with Crippen molar-refractivity contribution in [2.75, 3.05) is 0 Å². The van der Waals surface area contributed by atoms with Crippen molar-refractivity contribution >= 4 is 0 Å². The lowest BCUT2D eigenvalue weighted by molar-refractivity contribution is 0.407. The van der Waals surface area contributed by atoms with Gasteiger partial charge in [0, 0.05) is 0 Å². The molecule has 0 aromatic carbocycles. The first-order valence-electron chi connectivity index (χ1n) is 8.95.